The first-order valence-corrected chi connectivity index (χ1v) is 9.05. The van der Waals surface area contributed by atoms with E-state index < -0.39 is 46.8 Å². The van der Waals surface area contributed by atoms with E-state index in [1.807, 2.05) is 5.43 Å². The lowest BCUT2D eigenvalue weighted by atomic mass is 10.0. The predicted molar refractivity (Wildman–Crippen MR) is 99.6 cm³/mol. The van der Waals surface area contributed by atoms with Gasteiger partial charge < -0.3 is 5.32 Å². The summed E-state index contributed by atoms with van der Waals surface area (Å²) in [5.41, 5.74) is 0.122. The first kappa shape index (κ1) is 24.7. The maximum absolute atomic E-state index is 12.9. The van der Waals surface area contributed by atoms with Crippen molar-refractivity contribution in [1.82, 2.24) is 16.2 Å². The molecule has 0 bridgehead atoms. The summed E-state index contributed by atoms with van der Waals surface area (Å²) < 4.78 is 77.1. The molecular weight excluding hydrogens is 444 g/mol. The van der Waals surface area contributed by atoms with Gasteiger partial charge in [0.25, 0.3) is 5.91 Å². The van der Waals surface area contributed by atoms with Crippen molar-refractivity contribution in [1.29, 1.82) is 0 Å². The number of carbonyl (C=O) groups excluding carboxylic acids is 3. The number of benzene rings is 2. The number of rotatable bonds is 6. The molecule has 0 fully saturated rings. The Hall–Kier alpha value is -3.57. The van der Waals surface area contributed by atoms with Gasteiger partial charge in [0, 0.05) is 24.9 Å². The van der Waals surface area contributed by atoms with Crippen molar-refractivity contribution in [2.45, 2.75) is 31.7 Å². The lowest BCUT2D eigenvalue weighted by Crippen LogP contribution is -2.42. The number of carbonyl (C=O) groups is 3. The largest absolute Gasteiger partial charge is 0.416 e. The van der Waals surface area contributed by atoms with Gasteiger partial charge in [-0.25, -0.2) is 0 Å². The Morgan fingerprint density at radius 1 is 0.719 bits per heavy atom. The third kappa shape index (κ3) is 7.60. The van der Waals surface area contributed by atoms with Gasteiger partial charge in [-0.1, -0.05) is 30.3 Å². The Morgan fingerprint density at radius 2 is 1.25 bits per heavy atom. The summed E-state index contributed by atoms with van der Waals surface area (Å²) in [5.74, 6) is -2.72. The second kappa shape index (κ2) is 10.2. The highest BCUT2D eigenvalue weighted by molar-refractivity contribution is 5.96. The lowest BCUT2D eigenvalue weighted by molar-refractivity contribution is -0.143. The fourth-order valence-electron chi connectivity index (χ4n) is 2.46. The van der Waals surface area contributed by atoms with Crippen molar-refractivity contribution in [2.75, 3.05) is 0 Å². The van der Waals surface area contributed by atoms with Crippen LogP contribution in [0.2, 0.25) is 0 Å². The number of alkyl halides is 6. The van der Waals surface area contributed by atoms with Crippen LogP contribution in [0.25, 0.3) is 0 Å². The monoisotopic (exact) mass is 461 g/mol. The van der Waals surface area contributed by atoms with E-state index in [2.05, 4.69) is 5.32 Å². The molecule has 172 valence electrons. The normalized spacial score (nSPS) is 11.6. The van der Waals surface area contributed by atoms with Crippen molar-refractivity contribution in [3.05, 3.63) is 70.8 Å². The highest BCUT2D eigenvalue weighted by Crippen LogP contribution is 2.36. The van der Waals surface area contributed by atoms with E-state index in [0.717, 1.165) is 5.56 Å². The molecule has 0 aliphatic carbocycles. The Balaban J connectivity index is 1.90. The molecule has 32 heavy (non-hydrogen) atoms. The van der Waals surface area contributed by atoms with Crippen LogP contribution in [0, 0.1) is 0 Å². The average molecular weight is 461 g/mol. The van der Waals surface area contributed by atoms with Gasteiger partial charge in [-0.3, -0.25) is 25.2 Å². The number of halogens is 6. The number of hydrogen-bond acceptors (Lipinski definition) is 3. The van der Waals surface area contributed by atoms with Crippen LogP contribution in [0.5, 0.6) is 0 Å². The Morgan fingerprint density at radius 3 is 1.78 bits per heavy atom. The molecule has 0 radical (unpaired) electrons. The van der Waals surface area contributed by atoms with Crippen LogP contribution in [0.4, 0.5) is 26.3 Å². The summed E-state index contributed by atoms with van der Waals surface area (Å²) in [5, 5.41) is 2.57. The minimum Gasteiger partial charge on any atom is -0.352 e. The average Bonchev–Trinajstić information content (AvgIpc) is 2.73. The Labute approximate surface area is 178 Å². The number of hydrazine groups is 1. The molecule has 3 amide bonds. The minimum atomic E-state index is -5.12. The molecule has 0 aromatic heterocycles. The van der Waals surface area contributed by atoms with E-state index in [1.165, 1.54) is 0 Å². The van der Waals surface area contributed by atoms with Gasteiger partial charge in [-0.2, -0.15) is 26.3 Å². The molecule has 3 N–H and O–H groups in total. The van der Waals surface area contributed by atoms with Crippen LogP contribution in [-0.2, 0) is 28.5 Å². The molecule has 0 atom stereocenters. The van der Waals surface area contributed by atoms with Gasteiger partial charge in [0.05, 0.1) is 11.1 Å². The molecule has 2 rings (SSSR count). The molecule has 0 aliphatic heterocycles. The number of amides is 3. The van der Waals surface area contributed by atoms with Gasteiger partial charge in [0.1, 0.15) is 0 Å². The lowest BCUT2D eigenvalue weighted by Gasteiger charge is -2.14. The molecule has 2 aromatic rings. The molecule has 0 saturated heterocycles. The first-order chi connectivity index (χ1) is 14.9. The SMILES string of the molecule is O=C(CCC(=O)NNC(=O)c1cc(C(F)(F)F)cc(C(F)(F)F)c1)NCc1ccccc1. The molecular formula is C20H17F6N3O3. The number of hydrogen-bond donors (Lipinski definition) is 3. The molecule has 0 aliphatic rings. The van der Waals surface area contributed by atoms with E-state index in [9.17, 15) is 40.7 Å². The predicted octanol–water partition coefficient (Wildman–Crippen LogP) is 3.58. The highest BCUT2D eigenvalue weighted by atomic mass is 19.4. The maximum atomic E-state index is 12.9. The van der Waals surface area contributed by atoms with Crippen molar-refractivity contribution in [2.24, 2.45) is 0 Å². The van der Waals surface area contributed by atoms with E-state index in [4.69, 9.17) is 0 Å². The van der Waals surface area contributed by atoms with Crippen molar-refractivity contribution < 1.29 is 40.7 Å². The van der Waals surface area contributed by atoms with Crippen LogP contribution in [0.3, 0.4) is 0 Å². The van der Waals surface area contributed by atoms with Gasteiger partial charge >= 0.3 is 12.4 Å². The highest BCUT2D eigenvalue weighted by Gasteiger charge is 2.37. The van der Waals surface area contributed by atoms with E-state index in [1.54, 1.807) is 35.8 Å². The third-order valence-electron chi connectivity index (χ3n) is 4.08. The van der Waals surface area contributed by atoms with Crippen LogP contribution in [0.15, 0.2) is 48.5 Å². The second-order valence-electron chi connectivity index (χ2n) is 6.56. The van der Waals surface area contributed by atoms with Crippen LogP contribution < -0.4 is 16.2 Å². The summed E-state index contributed by atoms with van der Waals surface area (Å²) in [6.07, 6.45) is -10.9. The molecule has 2 aromatic carbocycles. The fourth-order valence-corrected chi connectivity index (χ4v) is 2.46. The summed E-state index contributed by atoms with van der Waals surface area (Å²) in [4.78, 5) is 35.5. The van der Waals surface area contributed by atoms with Gasteiger partial charge in [0.2, 0.25) is 11.8 Å². The number of nitrogens with one attached hydrogen (secondary N) is 3. The Kier molecular flexibility index (Phi) is 7.84. The van der Waals surface area contributed by atoms with E-state index >= 15 is 0 Å². The summed E-state index contributed by atoms with van der Waals surface area (Å²) in [6.45, 7) is 0.231. The molecule has 12 heteroatoms. The molecule has 0 spiro atoms. The molecule has 0 unspecified atom stereocenters. The summed E-state index contributed by atoms with van der Waals surface area (Å²) in [7, 11) is 0. The molecule has 0 heterocycles. The van der Waals surface area contributed by atoms with Crippen LogP contribution in [0.1, 0.15) is 39.9 Å². The zero-order valence-corrected chi connectivity index (χ0v) is 16.2. The van der Waals surface area contributed by atoms with E-state index in [0.29, 0.717) is 0 Å². The quantitative estimate of drug-likeness (QED) is 0.454. The van der Waals surface area contributed by atoms with Crippen LogP contribution >= 0.6 is 0 Å². The first-order valence-electron chi connectivity index (χ1n) is 9.05. The zero-order chi connectivity index (χ0) is 23.9. The van der Waals surface area contributed by atoms with E-state index in [-0.39, 0.29) is 37.6 Å². The van der Waals surface area contributed by atoms with Crippen molar-refractivity contribution in [3.8, 4) is 0 Å². The second-order valence-corrected chi connectivity index (χ2v) is 6.56. The standard InChI is InChI=1S/C20H17F6N3O3/c21-19(22,23)14-8-13(9-15(10-14)20(24,25)26)18(32)29-28-17(31)7-6-16(30)27-11-12-4-2-1-3-5-12/h1-5,8-10H,6-7,11H2,(H,27,30)(H,28,31)(H,29,32). The van der Waals surface area contributed by atoms with Gasteiger partial charge in [0.15, 0.2) is 0 Å². The van der Waals surface area contributed by atoms with Gasteiger partial charge in [-0.05, 0) is 23.8 Å². The topological polar surface area (TPSA) is 87.3 Å². The smallest absolute Gasteiger partial charge is 0.352 e. The summed E-state index contributed by atoms with van der Waals surface area (Å²) >= 11 is 0. The fraction of sp³-hybridized carbons (Fsp3) is 0.250. The van der Waals surface area contributed by atoms with Gasteiger partial charge in [-0.15, -0.1) is 0 Å². The van der Waals surface area contributed by atoms with Crippen molar-refractivity contribution in [3.63, 3.8) is 0 Å². The Bertz CT molecular complexity index is 943. The van der Waals surface area contributed by atoms with Crippen LogP contribution in [-0.4, -0.2) is 17.7 Å². The molecule has 6 nitrogen and oxygen atoms in total. The van der Waals surface area contributed by atoms with Crippen molar-refractivity contribution >= 4 is 17.7 Å². The maximum Gasteiger partial charge on any atom is 0.416 e. The molecule has 0 saturated carbocycles. The zero-order valence-electron chi connectivity index (χ0n) is 16.2. The third-order valence-corrected chi connectivity index (χ3v) is 4.08. The minimum absolute atomic E-state index is 0.122. The summed E-state index contributed by atoms with van der Waals surface area (Å²) in [6, 6.07) is 9.25.